The van der Waals surface area contributed by atoms with E-state index in [1.165, 1.54) is 6.42 Å². The second-order valence-corrected chi connectivity index (χ2v) is 5.48. The Bertz CT molecular complexity index is 460. The zero-order valence-corrected chi connectivity index (χ0v) is 12.5. The van der Waals surface area contributed by atoms with E-state index in [1.807, 2.05) is 12.1 Å². The third-order valence-electron chi connectivity index (χ3n) is 3.88. The fourth-order valence-electron chi connectivity index (χ4n) is 2.61. The van der Waals surface area contributed by atoms with Gasteiger partial charge in [0, 0.05) is 32.0 Å². The lowest BCUT2D eigenvalue weighted by molar-refractivity contribution is -0.162. The van der Waals surface area contributed by atoms with Gasteiger partial charge in [-0.15, -0.1) is 0 Å². The summed E-state index contributed by atoms with van der Waals surface area (Å²) in [6, 6.07) is 6.03. The fourth-order valence-corrected chi connectivity index (χ4v) is 2.61. The van der Waals surface area contributed by atoms with E-state index >= 15 is 0 Å². The van der Waals surface area contributed by atoms with Crippen LogP contribution in [0.2, 0.25) is 0 Å². The van der Waals surface area contributed by atoms with Crippen molar-refractivity contribution < 1.29 is 18.9 Å². The number of hydrogen-bond acceptors (Lipinski definition) is 5. The van der Waals surface area contributed by atoms with Crippen molar-refractivity contribution in [3.63, 3.8) is 0 Å². The van der Waals surface area contributed by atoms with E-state index in [0.717, 1.165) is 56.2 Å². The topological polar surface area (TPSA) is 40.2 Å². The second-order valence-electron chi connectivity index (χ2n) is 5.48. The molecule has 0 amide bonds. The Kier molecular flexibility index (Phi) is 4.83. The van der Waals surface area contributed by atoms with Crippen molar-refractivity contribution in [1.29, 1.82) is 0 Å². The van der Waals surface area contributed by atoms with Crippen LogP contribution in [0.25, 0.3) is 0 Å². The number of nitrogens with zero attached hydrogens (tertiary/aromatic N) is 1. The van der Waals surface area contributed by atoms with Gasteiger partial charge in [-0.05, 0) is 37.8 Å². The summed E-state index contributed by atoms with van der Waals surface area (Å²) in [4.78, 5) is 2.20. The molecule has 116 valence electrons. The molecule has 0 saturated carbocycles. The summed E-state index contributed by atoms with van der Waals surface area (Å²) in [5.74, 6) is 1.65. The first-order valence-electron chi connectivity index (χ1n) is 7.67. The molecule has 1 fully saturated rings. The highest BCUT2D eigenvalue weighted by Crippen LogP contribution is 2.35. The lowest BCUT2D eigenvalue weighted by Gasteiger charge is -2.24. The van der Waals surface area contributed by atoms with Crippen LogP contribution in [0.1, 0.15) is 25.7 Å². The van der Waals surface area contributed by atoms with E-state index in [1.54, 1.807) is 0 Å². The first kappa shape index (κ1) is 14.5. The Morgan fingerprint density at radius 3 is 3.00 bits per heavy atom. The molecule has 5 heteroatoms. The lowest BCUT2D eigenvalue weighted by Crippen LogP contribution is -2.25. The van der Waals surface area contributed by atoms with E-state index < -0.39 is 0 Å². The molecule has 0 aliphatic carbocycles. The van der Waals surface area contributed by atoms with Gasteiger partial charge in [0.15, 0.2) is 17.8 Å². The summed E-state index contributed by atoms with van der Waals surface area (Å²) < 4.78 is 22.0. The highest BCUT2D eigenvalue weighted by molar-refractivity contribution is 5.56. The maximum Gasteiger partial charge on any atom is 0.231 e. The van der Waals surface area contributed by atoms with Crippen LogP contribution < -0.4 is 14.4 Å². The molecule has 2 heterocycles. The van der Waals surface area contributed by atoms with Crippen molar-refractivity contribution in [3.05, 3.63) is 18.2 Å². The molecule has 3 rings (SSSR count). The lowest BCUT2D eigenvalue weighted by atomic mass is 10.2. The third kappa shape index (κ3) is 3.80. The van der Waals surface area contributed by atoms with Crippen LogP contribution in [0.4, 0.5) is 5.69 Å². The summed E-state index contributed by atoms with van der Waals surface area (Å²) in [5, 5.41) is 0. The van der Waals surface area contributed by atoms with Gasteiger partial charge in [-0.25, -0.2) is 0 Å². The van der Waals surface area contributed by atoms with E-state index in [0.29, 0.717) is 6.79 Å². The number of anilines is 1. The van der Waals surface area contributed by atoms with Gasteiger partial charge in [-0.3, -0.25) is 0 Å². The van der Waals surface area contributed by atoms with Gasteiger partial charge in [0.1, 0.15) is 0 Å². The Balaban J connectivity index is 1.40. The minimum Gasteiger partial charge on any atom is -0.454 e. The predicted molar refractivity (Wildman–Crippen MR) is 80.0 cm³/mol. The normalized spacial score (nSPS) is 20.5. The molecule has 0 radical (unpaired) electrons. The number of ether oxygens (including phenoxy) is 4. The van der Waals surface area contributed by atoms with Gasteiger partial charge >= 0.3 is 0 Å². The number of hydrogen-bond donors (Lipinski definition) is 0. The third-order valence-corrected chi connectivity index (χ3v) is 3.88. The van der Waals surface area contributed by atoms with Crippen molar-refractivity contribution in [1.82, 2.24) is 0 Å². The number of rotatable bonds is 6. The Labute approximate surface area is 125 Å². The molecule has 1 saturated heterocycles. The minimum atomic E-state index is 0.00889. The van der Waals surface area contributed by atoms with Gasteiger partial charge in [-0.2, -0.15) is 0 Å². The molecule has 5 nitrogen and oxygen atoms in total. The molecule has 1 atom stereocenters. The summed E-state index contributed by atoms with van der Waals surface area (Å²) in [5.41, 5.74) is 1.13. The van der Waals surface area contributed by atoms with Crippen LogP contribution in [0, 0.1) is 0 Å². The molecule has 2 aliphatic rings. The van der Waals surface area contributed by atoms with E-state index in [-0.39, 0.29) is 6.29 Å². The highest BCUT2D eigenvalue weighted by atomic mass is 16.7. The molecule has 0 N–H and O–H groups in total. The van der Waals surface area contributed by atoms with Crippen LogP contribution >= 0.6 is 0 Å². The number of fused-ring (bicyclic) bond motifs is 1. The minimum absolute atomic E-state index is 0.00889. The van der Waals surface area contributed by atoms with E-state index in [2.05, 4.69) is 18.0 Å². The first-order chi connectivity index (χ1) is 10.3. The largest absolute Gasteiger partial charge is 0.454 e. The van der Waals surface area contributed by atoms with Crippen LogP contribution in [0.5, 0.6) is 11.5 Å². The quantitative estimate of drug-likeness (QED) is 0.754. The molecule has 1 aromatic carbocycles. The van der Waals surface area contributed by atoms with Crippen LogP contribution in [-0.4, -0.2) is 39.9 Å². The summed E-state index contributed by atoms with van der Waals surface area (Å²) in [7, 11) is 2.08. The molecular weight excluding hydrogens is 270 g/mol. The van der Waals surface area contributed by atoms with Gasteiger partial charge in [0.25, 0.3) is 0 Å². The maximum atomic E-state index is 5.75. The van der Waals surface area contributed by atoms with Crippen LogP contribution in [0.15, 0.2) is 18.2 Å². The Hall–Kier alpha value is -1.46. The van der Waals surface area contributed by atoms with Gasteiger partial charge in [-0.1, -0.05) is 0 Å². The predicted octanol–water partition coefficient (Wildman–Crippen LogP) is 2.78. The zero-order chi connectivity index (χ0) is 14.5. The Morgan fingerprint density at radius 2 is 2.14 bits per heavy atom. The smallest absolute Gasteiger partial charge is 0.231 e. The number of benzene rings is 1. The van der Waals surface area contributed by atoms with Gasteiger partial charge in [0.2, 0.25) is 6.79 Å². The van der Waals surface area contributed by atoms with E-state index in [9.17, 15) is 0 Å². The maximum absolute atomic E-state index is 5.75. The molecule has 0 spiro atoms. The van der Waals surface area contributed by atoms with Crippen molar-refractivity contribution in [2.75, 3.05) is 38.5 Å². The SMILES string of the molecule is CN(CCCO[C@H]1CCCCO1)c1ccc2c(c1)OCO2. The molecule has 21 heavy (non-hydrogen) atoms. The van der Waals surface area contributed by atoms with E-state index in [4.69, 9.17) is 18.9 Å². The van der Waals surface area contributed by atoms with Crippen molar-refractivity contribution in [3.8, 4) is 11.5 Å². The summed E-state index contributed by atoms with van der Waals surface area (Å²) in [6.07, 6.45) is 4.38. The standard InChI is InChI=1S/C16H23NO4/c1-17(8-4-10-19-16-5-2-3-9-18-16)13-6-7-14-15(11-13)21-12-20-14/h6-7,11,16H,2-5,8-10,12H2,1H3/t16-/m0/s1. The summed E-state index contributed by atoms with van der Waals surface area (Å²) >= 11 is 0. The van der Waals surface area contributed by atoms with Gasteiger partial charge in [0.05, 0.1) is 6.61 Å². The molecule has 0 unspecified atom stereocenters. The summed E-state index contributed by atoms with van der Waals surface area (Å²) in [6.45, 7) is 2.82. The average molecular weight is 293 g/mol. The monoisotopic (exact) mass is 293 g/mol. The van der Waals surface area contributed by atoms with Crippen LogP contribution in [-0.2, 0) is 9.47 Å². The van der Waals surface area contributed by atoms with Crippen molar-refractivity contribution >= 4 is 5.69 Å². The van der Waals surface area contributed by atoms with Crippen molar-refractivity contribution in [2.24, 2.45) is 0 Å². The van der Waals surface area contributed by atoms with Crippen molar-refractivity contribution in [2.45, 2.75) is 32.0 Å². The first-order valence-corrected chi connectivity index (χ1v) is 7.67. The molecule has 0 bridgehead atoms. The molecule has 0 aromatic heterocycles. The Morgan fingerprint density at radius 1 is 1.24 bits per heavy atom. The van der Waals surface area contributed by atoms with Crippen LogP contribution in [0.3, 0.4) is 0 Å². The fraction of sp³-hybridized carbons (Fsp3) is 0.625. The zero-order valence-electron chi connectivity index (χ0n) is 12.5. The van der Waals surface area contributed by atoms with Gasteiger partial charge < -0.3 is 23.8 Å². The second kappa shape index (κ2) is 7.00. The molecular formula is C16H23NO4. The average Bonchev–Trinajstić information content (AvgIpc) is 3.00. The molecule has 2 aliphatic heterocycles. The highest BCUT2D eigenvalue weighted by Gasteiger charge is 2.15. The molecule has 1 aromatic rings.